The zero-order valence-corrected chi connectivity index (χ0v) is 15.3. The Morgan fingerprint density at radius 2 is 2.15 bits per heavy atom. The molecule has 4 atom stereocenters. The van der Waals surface area contributed by atoms with Crippen LogP contribution < -0.4 is 10.1 Å². The molecule has 1 N–H and O–H groups in total. The highest BCUT2D eigenvalue weighted by molar-refractivity contribution is 6.00. The highest BCUT2D eigenvalue weighted by atomic mass is 16.5. The normalized spacial score (nSPS) is 33.6. The van der Waals surface area contributed by atoms with E-state index in [1.165, 1.54) is 0 Å². The first-order chi connectivity index (χ1) is 13.1. The van der Waals surface area contributed by atoms with Gasteiger partial charge in [0.1, 0.15) is 11.4 Å². The van der Waals surface area contributed by atoms with Crippen molar-refractivity contribution in [3.63, 3.8) is 0 Å². The Kier molecular flexibility index (Phi) is 3.78. The third-order valence-electron chi connectivity index (χ3n) is 6.79. The molecule has 1 saturated heterocycles. The summed E-state index contributed by atoms with van der Waals surface area (Å²) in [6.07, 6.45) is 3.68. The van der Waals surface area contributed by atoms with Gasteiger partial charge in [-0.15, -0.1) is 0 Å². The number of rotatable bonds is 4. The van der Waals surface area contributed by atoms with Gasteiger partial charge in [0.05, 0.1) is 12.0 Å². The minimum atomic E-state index is -0.511. The average molecular weight is 368 g/mol. The third kappa shape index (κ3) is 2.65. The van der Waals surface area contributed by atoms with Gasteiger partial charge in [0.15, 0.2) is 5.78 Å². The molecule has 1 aromatic carbocycles. The molecule has 2 heterocycles. The summed E-state index contributed by atoms with van der Waals surface area (Å²) in [5, 5.41) is 3.00. The fraction of sp³-hybridized carbons (Fsp3) is 0.571. The fourth-order valence-electron chi connectivity index (χ4n) is 5.49. The van der Waals surface area contributed by atoms with E-state index in [0.717, 1.165) is 25.8 Å². The first-order valence-corrected chi connectivity index (χ1v) is 9.96. The number of nitrogens with one attached hydrogen (secondary N) is 1. The Balaban J connectivity index is 1.23. The molecule has 0 unspecified atom stereocenters. The van der Waals surface area contributed by atoms with Crippen LogP contribution in [0.5, 0.6) is 5.75 Å². The Bertz CT molecular complexity index is 822. The maximum atomic E-state index is 12.7. The predicted octanol–water partition coefficient (Wildman–Crippen LogP) is 1.79. The van der Waals surface area contributed by atoms with E-state index in [4.69, 9.17) is 4.74 Å². The molecule has 2 aliphatic heterocycles. The second kappa shape index (κ2) is 6.08. The molecule has 0 bridgehead atoms. The van der Waals surface area contributed by atoms with Crippen molar-refractivity contribution in [2.24, 2.45) is 17.8 Å². The highest BCUT2D eigenvalue weighted by Gasteiger charge is 2.70. The molecular weight excluding hydrogens is 344 g/mol. The van der Waals surface area contributed by atoms with Crippen LogP contribution in [-0.2, 0) is 9.59 Å². The molecule has 6 heteroatoms. The Labute approximate surface area is 158 Å². The van der Waals surface area contributed by atoms with Crippen molar-refractivity contribution in [3.8, 4) is 5.75 Å². The number of fused-ring (bicyclic) bond motifs is 3. The number of carbonyl (C=O) groups excluding carboxylic acids is 3. The van der Waals surface area contributed by atoms with Gasteiger partial charge in [-0.2, -0.15) is 0 Å². The number of ketones is 1. The molecule has 1 aromatic rings. The summed E-state index contributed by atoms with van der Waals surface area (Å²) in [5.74, 6) is 1.39. The molecule has 0 aromatic heterocycles. The summed E-state index contributed by atoms with van der Waals surface area (Å²) in [4.78, 5) is 38.8. The van der Waals surface area contributed by atoms with Crippen molar-refractivity contribution >= 4 is 17.6 Å². The van der Waals surface area contributed by atoms with Crippen molar-refractivity contribution in [2.45, 2.75) is 37.7 Å². The topological polar surface area (TPSA) is 75.7 Å². The number of carbonyl (C=O) groups is 3. The van der Waals surface area contributed by atoms with Crippen molar-refractivity contribution in [3.05, 3.63) is 29.8 Å². The van der Waals surface area contributed by atoms with Crippen molar-refractivity contribution in [1.82, 2.24) is 10.2 Å². The summed E-state index contributed by atoms with van der Waals surface area (Å²) in [7, 11) is 0. The van der Waals surface area contributed by atoms with Crippen LogP contribution in [-0.4, -0.2) is 47.7 Å². The van der Waals surface area contributed by atoms with Gasteiger partial charge < -0.3 is 15.0 Å². The first-order valence-electron chi connectivity index (χ1n) is 9.96. The number of Topliss-reactive ketones (excluding diaryl/α,β-unsaturated/α-hetero) is 1. The SMILES string of the molecule is O=C1C[C@@]2(CC[C@H]3[C@@H](C(=O)NCCN4CCCC4=O)[C@@H]32)Oc2ccccc21. The fourth-order valence-corrected chi connectivity index (χ4v) is 5.49. The maximum Gasteiger partial charge on any atom is 0.223 e. The molecule has 6 nitrogen and oxygen atoms in total. The Morgan fingerprint density at radius 3 is 2.96 bits per heavy atom. The zero-order chi connectivity index (χ0) is 18.6. The lowest BCUT2D eigenvalue weighted by molar-refractivity contribution is -0.128. The van der Waals surface area contributed by atoms with Crippen LogP contribution in [0.1, 0.15) is 42.5 Å². The van der Waals surface area contributed by atoms with Crippen molar-refractivity contribution in [1.29, 1.82) is 0 Å². The molecule has 2 amide bonds. The lowest BCUT2D eigenvalue weighted by atomic mass is 9.84. The van der Waals surface area contributed by atoms with E-state index in [-0.39, 0.29) is 29.4 Å². The van der Waals surface area contributed by atoms with E-state index in [1.54, 1.807) is 0 Å². The Hall–Kier alpha value is -2.37. The molecule has 1 spiro atoms. The summed E-state index contributed by atoms with van der Waals surface area (Å²) in [6, 6.07) is 7.40. The van der Waals surface area contributed by atoms with Crippen LogP contribution in [0.2, 0.25) is 0 Å². The van der Waals surface area contributed by atoms with Crippen molar-refractivity contribution < 1.29 is 19.1 Å². The lowest BCUT2D eigenvalue weighted by Crippen LogP contribution is -2.45. The zero-order valence-electron chi connectivity index (χ0n) is 15.3. The quantitative estimate of drug-likeness (QED) is 0.879. The van der Waals surface area contributed by atoms with E-state index in [1.807, 2.05) is 29.2 Å². The molecular formula is C21H24N2O4. The van der Waals surface area contributed by atoms with Crippen LogP contribution in [0.3, 0.4) is 0 Å². The highest BCUT2D eigenvalue weighted by Crippen LogP contribution is 2.65. The monoisotopic (exact) mass is 368 g/mol. The van der Waals surface area contributed by atoms with Gasteiger partial charge in [-0.1, -0.05) is 12.1 Å². The minimum absolute atomic E-state index is 0.0469. The molecule has 2 aliphatic carbocycles. The van der Waals surface area contributed by atoms with Gasteiger partial charge in [0, 0.05) is 37.9 Å². The van der Waals surface area contributed by atoms with Crippen LogP contribution in [0, 0.1) is 17.8 Å². The molecule has 3 fully saturated rings. The van der Waals surface area contributed by atoms with E-state index < -0.39 is 5.60 Å². The predicted molar refractivity (Wildman–Crippen MR) is 97.3 cm³/mol. The number of amides is 2. The minimum Gasteiger partial charge on any atom is -0.486 e. The van der Waals surface area contributed by atoms with Crippen LogP contribution in [0.25, 0.3) is 0 Å². The average Bonchev–Trinajstić information content (AvgIpc) is 3.12. The van der Waals surface area contributed by atoms with E-state index >= 15 is 0 Å². The number of benzene rings is 1. The lowest BCUT2D eigenvalue weighted by Gasteiger charge is -2.37. The van der Waals surface area contributed by atoms with Crippen LogP contribution in [0.15, 0.2) is 24.3 Å². The van der Waals surface area contributed by atoms with Gasteiger partial charge in [-0.3, -0.25) is 14.4 Å². The number of likely N-dealkylation sites (tertiary alicyclic amines) is 1. The summed E-state index contributed by atoms with van der Waals surface area (Å²) in [6.45, 7) is 1.87. The van der Waals surface area contributed by atoms with Crippen molar-refractivity contribution in [2.75, 3.05) is 19.6 Å². The molecule has 0 radical (unpaired) electrons. The summed E-state index contributed by atoms with van der Waals surface area (Å²) in [5.41, 5.74) is 0.145. The Morgan fingerprint density at radius 1 is 1.30 bits per heavy atom. The number of hydrogen-bond acceptors (Lipinski definition) is 4. The number of hydrogen-bond donors (Lipinski definition) is 1. The van der Waals surface area contributed by atoms with E-state index in [9.17, 15) is 14.4 Å². The van der Waals surface area contributed by atoms with Gasteiger partial charge in [-0.25, -0.2) is 0 Å². The maximum absolute atomic E-state index is 12.7. The largest absolute Gasteiger partial charge is 0.486 e. The van der Waals surface area contributed by atoms with Gasteiger partial charge >= 0.3 is 0 Å². The molecule has 5 rings (SSSR count). The first kappa shape index (κ1) is 16.8. The summed E-state index contributed by atoms with van der Waals surface area (Å²) < 4.78 is 6.33. The van der Waals surface area contributed by atoms with E-state index in [0.29, 0.717) is 43.2 Å². The van der Waals surface area contributed by atoms with Gasteiger partial charge in [0.25, 0.3) is 0 Å². The smallest absolute Gasteiger partial charge is 0.223 e. The molecule has 142 valence electrons. The van der Waals surface area contributed by atoms with E-state index in [2.05, 4.69) is 5.32 Å². The summed E-state index contributed by atoms with van der Waals surface area (Å²) >= 11 is 0. The third-order valence-corrected chi connectivity index (χ3v) is 6.79. The standard InChI is InChI=1S/C21H24N2O4/c24-15-12-21(27-16-5-2-1-4-13(15)16)8-7-14-18(19(14)21)20(26)22-9-11-23-10-3-6-17(23)25/h1-2,4-5,14,18-19H,3,6-12H2,(H,22,26)/t14-,18+,19+,21+/m0/s1. The van der Waals surface area contributed by atoms with Gasteiger partial charge in [0.2, 0.25) is 11.8 Å². The second-order valence-corrected chi connectivity index (χ2v) is 8.29. The molecule has 4 aliphatic rings. The number of ether oxygens (including phenoxy) is 1. The van der Waals surface area contributed by atoms with Crippen LogP contribution >= 0.6 is 0 Å². The number of nitrogens with zero attached hydrogens (tertiary/aromatic N) is 1. The molecule has 27 heavy (non-hydrogen) atoms. The molecule has 2 saturated carbocycles. The number of para-hydroxylation sites is 1. The van der Waals surface area contributed by atoms with Crippen LogP contribution in [0.4, 0.5) is 0 Å². The van der Waals surface area contributed by atoms with Gasteiger partial charge in [-0.05, 0) is 37.3 Å². The second-order valence-electron chi connectivity index (χ2n) is 8.29.